The van der Waals surface area contributed by atoms with Gasteiger partial charge in [0.25, 0.3) is 11.8 Å². The number of hydrogen-bond acceptors (Lipinski definition) is 9. The summed E-state index contributed by atoms with van der Waals surface area (Å²) in [6.45, 7) is 1.68. The van der Waals surface area contributed by atoms with Crippen molar-refractivity contribution in [1.29, 1.82) is 0 Å². The van der Waals surface area contributed by atoms with Gasteiger partial charge >= 0.3 is 11.9 Å². The number of piperidine rings is 3. The molecule has 1 unspecified atom stereocenters. The van der Waals surface area contributed by atoms with Crippen LogP contribution in [-0.4, -0.2) is 92.3 Å². The Balaban J connectivity index is 0.805. The molecule has 3 amide bonds. The number of ether oxygens (including phenoxy) is 1. The maximum absolute atomic E-state index is 16.3. The molecule has 2 aromatic carbocycles. The Morgan fingerprint density at radius 2 is 1.70 bits per heavy atom. The molecule has 334 valence electrons. The number of benzene rings is 2. The third-order valence-corrected chi connectivity index (χ3v) is 13.8. The number of imidazole rings is 1. The number of para-hydroxylation sites is 1. The van der Waals surface area contributed by atoms with Gasteiger partial charge in [-0.25, -0.2) is 18.6 Å². The normalized spacial score (nSPS) is 23.0. The van der Waals surface area contributed by atoms with E-state index in [2.05, 4.69) is 20.5 Å². The molecule has 14 nitrogen and oxygen atoms in total. The first kappa shape index (κ1) is 42.5. The number of amides is 3. The van der Waals surface area contributed by atoms with Gasteiger partial charge in [-0.3, -0.25) is 38.4 Å². The topological polar surface area (TPSA) is 149 Å². The standard InChI is InChI=1S/C44H48F5N9O5/c1-54-38-31(5-3-6-32(38)58(41(54)62)33-13-14-37(59)52-40(33)61)56-19-16-42(17-20-56)15-18-55(25-43(42,45)46)23-26-9-11-28(12-10-26)57-24-27-21-29(34(63-2)22-30(27)53-57)39(60)51-36-8-4-7-35(50-36)44(47,48)49/h3-8,21-22,24,26,28,33H,9-20,23,25H2,1-2H3,(H,50,51,60)(H,52,59,61). The number of aromatic nitrogens is 5. The van der Waals surface area contributed by atoms with Gasteiger partial charge in [-0.15, -0.1) is 0 Å². The van der Waals surface area contributed by atoms with Crippen molar-refractivity contribution in [2.24, 2.45) is 18.4 Å². The van der Waals surface area contributed by atoms with Gasteiger partial charge in [-0.05, 0) is 94.2 Å². The lowest BCUT2D eigenvalue weighted by Gasteiger charge is -2.52. The predicted molar refractivity (Wildman–Crippen MR) is 223 cm³/mol. The first-order chi connectivity index (χ1) is 30.0. The number of imide groups is 1. The molecular weight excluding hydrogens is 830 g/mol. The van der Waals surface area contributed by atoms with Crippen molar-refractivity contribution in [1.82, 2.24) is 34.1 Å². The van der Waals surface area contributed by atoms with Gasteiger partial charge in [-0.2, -0.15) is 18.3 Å². The van der Waals surface area contributed by atoms with E-state index < -0.39 is 41.1 Å². The van der Waals surface area contributed by atoms with Crippen molar-refractivity contribution in [3.05, 3.63) is 76.5 Å². The Morgan fingerprint density at radius 3 is 2.40 bits per heavy atom. The second kappa shape index (κ2) is 16.1. The third kappa shape index (κ3) is 7.81. The molecule has 5 aromatic rings. The second-order valence-corrected chi connectivity index (χ2v) is 17.5. The zero-order chi connectivity index (χ0) is 44.4. The number of carbonyl (C=O) groups excluding carboxylic acids is 3. The fourth-order valence-electron chi connectivity index (χ4n) is 10.3. The quantitative estimate of drug-likeness (QED) is 0.128. The summed E-state index contributed by atoms with van der Waals surface area (Å²) in [4.78, 5) is 58.7. The molecule has 3 aliphatic heterocycles. The molecule has 0 radical (unpaired) electrons. The lowest BCUT2D eigenvalue weighted by molar-refractivity contribution is -0.179. The highest BCUT2D eigenvalue weighted by Crippen LogP contribution is 2.52. The number of carbonyl (C=O) groups is 3. The van der Waals surface area contributed by atoms with Crippen molar-refractivity contribution >= 4 is 51.2 Å². The number of methoxy groups -OCH3 is 1. The molecule has 4 fully saturated rings. The van der Waals surface area contributed by atoms with E-state index in [1.54, 1.807) is 25.2 Å². The summed E-state index contributed by atoms with van der Waals surface area (Å²) in [5.41, 5.74) is 0.0324. The number of aryl methyl sites for hydroxylation is 1. The number of halogens is 5. The van der Waals surface area contributed by atoms with Crippen molar-refractivity contribution in [3.63, 3.8) is 0 Å². The summed E-state index contributed by atoms with van der Waals surface area (Å²) in [6, 6.07) is 11.2. The van der Waals surface area contributed by atoms with Crippen LogP contribution in [0.5, 0.6) is 5.75 Å². The first-order valence-corrected chi connectivity index (χ1v) is 21.4. The maximum Gasteiger partial charge on any atom is 0.433 e. The number of pyridine rings is 1. The molecule has 63 heavy (non-hydrogen) atoms. The van der Waals surface area contributed by atoms with E-state index >= 15 is 8.78 Å². The molecule has 1 aliphatic carbocycles. The minimum Gasteiger partial charge on any atom is -0.496 e. The summed E-state index contributed by atoms with van der Waals surface area (Å²) in [6.07, 6.45) is 1.79. The summed E-state index contributed by atoms with van der Waals surface area (Å²) in [7, 11) is 3.04. The predicted octanol–water partition coefficient (Wildman–Crippen LogP) is 6.70. The highest BCUT2D eigenvalue weighted by molar-refractivity contribution is 6.08. The van der Waals surface area contributed by atoms with Crippen LogP contribution in [0.1, 0.15) is 85.9 Å². The average Bonchev–Trinajstić information content (AvgIpc) is 3.79. The van der Waals surface area contributed by atoms with Crippen LogP contribution in [-0.2, 0) is 22.8 Å². The molecule has 3 saturated heterocycles. The van der Waals surface area contributed by atoms with Crippen LogP contribution < -0.4 is 26.0 Å². The van der Waals surface area contributed by atoms with E-state index in [4.69, 9.17) is 9.84 Å². The lowest BCUT2D eigenvalue weighted by atomic mass is 9.68. The third-order valence-electron chi connectivity index (χ3n) is 13.8. The molecule has 9 rings (SSSR count). The number of anilines is 2. The number of likely N-dealkylation sites (tertiary alicyclic amines) is 1. The molecule has 2 N–H and O–H groups in total. The minimum atomic E-state index is -4.67. The zero-order valence-electron chi connectivity index (χ0n) is 34.9. The number of alkyl halides is 5. The SMILES string of the molecule is COc1cc2nn(C3CCC(CN4CCC5(CCN(c6cccc7c6n(C)c(=O)n7C6CCC(=O)NC6=O)CC5)C(F)(F)C4)CC3)cc2cc1C(=O)Nc1cccc(C(F)(F)F)n1. The van der Waals surface area contributed by atoms with Crippen LogP contribution in [0.3, 0.4) is 0 Å². The number of rotatable bonds is 8. The Bertz CT molecular complexity index is 2660. The Kier molecular flexibility index (Phi) is 10.8. The Morgan fingerprint density at radius 1 is 0.968 bits per heavy atom. The fraction of sp³-hybridized carbons (Fsp3) is 0.500. The van der Waals surface area contributed by atoms with Gasteiger partial charge in [0.05, 0.1) is 47.5 Å². The van der Waals surface area contributed by atoms with E-state index in [1.165, 1.54) is 28.4 Å². The van der Waals surface area contributed by atoms with E-state index in [0.29, 0.717) is 67.4 Å². The van der Waals surface area contributed by atoms with Crippen molar-refractivity contribution < 1.29 is 41.1 Å². The summed E-state index contributed by atoms with van der Waals surface area (Å²) < 4.78 is 82.5. The molecule has 3 aromatic heterocycles. The van der Waals surface area contributed by atoms with Gasteiger partial charge in [0.2, 0.25) is 11.8 Å². The Labute approximate surface area is 358 Å². The molecule has 4 aliphatic rings. The summed E-state index contributed by atoms with van der Waals surface area (Å²) in [5.74, 6) is -4.25. The van der Waals surface area contributed by atoms with Crippen LogP contribution in [0.15, 0.2) is 59.5 Å². The monoisotopic (exact) mass is 877 g/mol. The van der Waals surface area contributed by atoms with Crippen molar-refractivity contribution in [3.8, 4) is 5.75 Å². The molecular formula is C44H48F5N9O5. The number of fused-ring (bicyclic) bond motifs is 2. The number of hydrogen-bond donors (Lipinski definition) is 2. The van der Waals surface area contributed by atoms with E-state index in [1.807, 2.05) is 27.9 Å². The highest BCUT2D eigenvalue weighted by Gasteiger charge is 2.57. The molecule has 6 heterocycles. The van der Waals surface area contributed by atoms with E-state index in [9.17, 15) is 32.3 Å². The van der Waals surface area contributed by atoms with Crippen LogP contribution in [0, 0.1) is 11.3 Å². The smallest absolute Gasteiger partial charge is 0.433 e. The van der Waals surface area contributed by atoms with Crippen molar-refractivity contribution in [2.45, 2.75) is 82.0 Å². The molecule has 1 saturated carbocycles. The van der Waals surface area contributed by atoms with Gasteiger partial charge in [-0.1, -0.05) is 12.1 Å². The maximum atomic E-state index is 16.3. The highest BCUT2D eigenvalue weighted by atomic mass is 19.4. The average molecular weight is 878 g/mol. The number of nitrogens with one attached hydrogen (secondary N) is 2. The summed E-state index contributed by atoms with van der Waals surface area (Å²) >= 11 is 0. The van der Waals surface area contributed by atoms with Gasteiger partial charge in [0.15, 0.2) is 0 Å². The fourth-order valence-corrected chi connectivity index (χ4v) is 10.3. The van der Waals surface area contributed by atoms with Crippen LogP contribution in [0.4, 0.5) is 33.5 Å². The van der Waals surface area contributed by atoms with Crippen molar-refractivity contribution in [2.75, 3.05) is 50.1 Å². The lowest BCUT2D eigenvalue weighted by Crippen LogP contribution is -2.59. The van der Waals surface area contributed by atoms with Crippen LogP contribution in [0.25, 0.3) is 21.9 Å². The van der Waals surface area contributed by atoms with Crippen LogP contribution in [0.2, 0.25) is 0 Å². The molecule has 0 bridgehead atoms. The molecule has 19 heteroatoms. The molecule has 1 atom stereocenters. The van der Waals surface area contributed by atoms with Gasteiger partial charge < -0.3 is 15.0 Å². The van der Waals surface area contributed by atoms with Crippen LogP contribution >= 0.6 is 0 Å². The first-order valence-electron chi connectivity index (χ1n) is 21.4. The van der Waals surface area contributed by atoms with E-state index in [-0.39, 0.29) is 60.1 Å². The number of nitrogens with zero attached hydrogens (tertiary/aromatic N) is 7. The zero-order valence-corrected chi connectivity index (χ0v) is 34.9. The second-order valence-electron chi connectivity index (χ2n) is 17.5. The van der Waals surface area contributed by atoms with E-state index in [0.717, 1.165) is 37.4 Å². The summed E-state index contributed by atoms with van der Waals surface area (Å²) in [5, 5.41) is 10.2. The largest absolute Gasteiger partial charge is 0.496 e. The molecule has 1 spiro atoms. The van der Waals surface area contributed by atoms with Gasteiger partial charge in [0.1, 0.15) is 23.3 Å². The minimum absolute atomic E-state index is 0.0618. The van der Waals surface area contributed by atoms with Gasteiger partial charge in [0, 0.05) is 56.2 Å². The Hall–Kier alpha value is -5.85.